The highest BCUT2D eigenvalue weighted by Crippen LogP contribution is 2.12. The van der Waals surface area contributed by atoms with Gasteiger partial charge >= 0.3 is 0 Å². The summed E-state index contributed by atoms with van der Waals surface area (Å²) in [5, 5.41) is 2.56. The van der Waals surface area contributed by atoms with Gasteiger partial charge in [-0.15, -0.1) is 0 Å². The minimum Gasteiger partial charge on any atom is -0.368 e. The molecule has 0 aliphatic rings. The highest BCUT2D eigenvalue weighted by Gasteiger charge is 2.19. The number of carbonyl (C=O) groups excluding carboxylic acids is 2. The van der Waals surface area contributed by atoms with Crippen LogP contribution in [0, 0.1) is 5.82 Å². The number of nitrogens with two attached hydrogens (primary N) is 1. The summed E-state index contributed by atoms with van der Waals surface area (Å²) in [6, 6.07) is 13.6. The van der Waals surface area contributed by atoms with Gasteiger partial charge in [-0.1, -0.05) is 42.5 Å². The topological polar surface area (TPSA) is 72.2 Å². The Kier molecular flexibility index (Phi) is 4.66. The van der Waals surface area contributed by atoms with E-state index in [0.29, 0.717) is 11.1 Å². The number of hydrogen-bond donors (Lipinski definition) is 2. The monoisotopic (exact) mass is 286 g/mol. The van der Waals surface area contributed by atoms with E-state index in [1.54, 1.807) is 36.4 Å². The molecule has 108 valence electrons. The molecule has 21 heavy (non-hydrogen) atoms. The van der Waals surface area contributed by atoms with Crippen LogP contribution in [0.5, 0.6) is 0 Å². The molecular formula is C16H15FN2O2. The minimum absolute atomic E-state index is 0.0195. The maximum Gasteiger partial charge on any atom is 0.244 e. The van der Waals surface area contributed by atoms with E-state index in [2.05, 4.69) is 5.32 Å². The fraction of sp³-hybridized carbons (Fsp3) is 0.125. The number of nitrogens with one attached hydrogen (secondary N) is 1. The Morgan fingerprint density at radius 1 is 1.10 bits per heavy atom. The lowest BCUT2D eigenvalue weighted by Gasteiger charge is -2.15. The van der Waals surface area contributed by atoms with E-state index < -0.39 is 23.7 Å². The summed E-state index contributed by atoms with van der Waals surface area (Å²) in [7, 11) is 0. The third-order valence-corrected chi connectivity index (χ3v) is 2.98. The van der Waals surface area contributed by atoms with Crippen LogP contribution in [0.4, 0.5) is 4.39 Å². The van der Waals surface area contributed by atoms with Gasteiger partial charge in [0.25, 0.3) is 0 Å². The van der Waals surface area contributed by atoms with Crippen molar-refractivity contribution in [2.45, 2.75) is 12.5 Å². The molecule has 1 atom stereocenters. The van der Waals surface area contributed by atoms with Crippen molar-refractivity contribution in [2.24, 2.45) is 5.73 Å². The van der Waals surface area contributed by atoms with Crippen molar-refractivity contribution in [3.05, 3.63) is 71.5 Å². The second-order valence-electron chi connectivity index (χ2n) is 4.62. The molecule has 0 heterocycles. The molecule has 0 unspecified atom stereocenters. The minimum atomic E-state index is -0.896. The zero-order valence-corrected chi connectivity index (χ0v) is 11.3. The number of benzene rings is 2. The highest BCUT2D eigenvalue weighted by atomic mass is 19.1. The van der Waals surface area contributed by atoms with Crippen molar-refractivity contribution >= 4 is 11.8 Å². The van der Waals surface area contributed by atoms with Crippen molar-refractivity contribution in [1.82, 2.24) is 5.32 Å². The van der Waals surface area contributed by atoms with E-state index in [0.717, 1.165) is 0 Å². The summed E-state index contributed by atoms with van der Waals surface area (Å²) >= 11 is 0. The lowest BCUT2D eigenvalue weighted by Crippen LogP contribution is -2.38. The standard InChI is InChI=1S/C16H15FN2O2/c17-13-8-4-5-11(9-13)10-14(20)19-15(16(18)21)12-6-2-1-3-7-12/h1-9,15H,10H2,(H2,18,21)(H,19,20)/t15-/m0/s1. The smallest absolute Gasteiger partial charge is 0.244 e. The summed E-state index contributed by atoms with van der Waals surface area (Å²) in [6.45, 7) is 0. The molecule has 0 aliphatic carbocycles. The highest BCUT2D eigenvalue weighted by molar-refractivity contribution is 5.88. The van der Waals surface area contributed by atoms with Crippen LogP contribution in [0.25, 0.3) is 0 Å². The Labute approximate surface area is 121 Å². The van der Waals surface area contributed by atoms with Gasteiger partial charge in [-0.25, -0.2) is 4.39 Å². The molecule has 0 bridgehead atoms. The second kappa shape index (κ2) is 6.65. The lowest BCUT2D eigenvalue weighted by atomic mass is 10.1. The van der Waals surface area contributed by atoms with Gasteiger partial charge in [0.15, 0.2) is 0 Å². The number of hydrogen-bond acceptors (Lipinski definition) is 2. The van der Waals surface area contributed by atoms with Crippen LogP contribution in [0.2, 0.25) is 0 Å². The average molecular weight is 286 g/mol. The summed E-state index contributed by atoms with van der Waals surface area (Å²) in [5.41, 5.74) is 6.46. The zero-order valence-electron chi connectivity index (χ0n) is 11.3. The van der Waals surface area contributed by atoms with E-state index in [4.69, 9.17) is 5.73 Å². The Bertz CT molecular complexity index is 644. The first-order valence-electron chi connectivity index (χ1n) is 6.44. The summed E-state index contributed by atoms with van der Waals surface area (Å²) in [4.78, 5) is 23.5. The van der Waals surface area contributed by atoms with Gasteiger partial charge in [0, 0.05) is 0 Å². The zero-order chi connectivity index (χ0) is 15.2. The van der Waals surface area contributed by atoms with Crippen LogP contribution >= 0.6 is 0 Å². The Balaban J connectivity index is 2.07. The SMILES string of the molecule is NC(=O)[C@@H](NC(=O)Cc1cccc(F)c1)c1ccccc1. The molecule has 0 saturated heterocycles. The maximum absolute atomic E-state index is 13.1. The number of amides is 2. The first-order valence-corrected chi connectivity index (χ1v) is 6.44. The van der Waals surface area contributed by atoms with Crippen molar-refractivity contribution in [3.63, 3.8) is 0 Å². The molecular weight excluding hydrogens is 271 g/mol. The van der Waals surface area contributed by atoms with E-state index >= 15 is 0 Å². The van der Waals surface area contributed by atoms with E-state index in [1.165, 1.54) is 18.2 Å². The van der Waals surface area contributed by atoms with Crippen LogP contribution in [-0.2, 0) is 16.0 Å². The lowest BCUT2D eigenvalue weighted by molar-refractivity contribution is -0.127. The predicted octanol–water partition coefficient (Wildman–Crippen LogP) is 1.71. The molecule has 4 nitrogen and oxygen atoms in total. The number of primary amides is 1. The first-order chi connectivity index (χ1) is 10.1. The van der Waals surface area contributed by atoms with Crippen LogP contribution in [-0.4, -0.2) is 11.8 Å². The van der Waals surface area contributed by atoms with Gasteiger partial charge in [-0.2, -0.15) is 0 Å². The van der Waals surface area contributed by atoms with E-state index in [-0.39, 0.29) is 6.42 Å². The molecule has 0 spiro atoms. The summed E-state index contributed by atoms with van der Waals surface area (Å²) in [6.07, 6.45) is -0.0195. The van der Waals surface area contributed by atoms with E-state index in [9.17, 15) is 14.0 Å². The van der Waals surface area contributed by atoms with Gasteiger partial charge < -0.3 is 11.1 Å². The van der Waals surface area contributed by atoms with Gasteiger partial charge in [0.1, 0.15) is 11.9 Å². The number of carbonyl (C=O) groups is 2. The fourth-order valence-corrected chi connectivity index (χ4v) is 2.01. The van der Waals surface area contributed by atoms with Crippen LogP contribution < -0.4 is 11.1 Å². The Hall–Kier alpha value is -2.69. The predicted molar refractivity (Wildman–Crippen MR) is 76.6 cm³/mol. The summed E-state index contributed by atoms with van der Waals surface area (Å²) < 4.78 is 13.1. The van der Waals surface area contributed by atoms with Crippen molar-refractivity contribution in [3.8, 4) is 0 Å². The van der Waals surface area contributed by atoms with Gasteiger partial charge in [0.05, 0.1) is 6.42 Å². The van der Waals surface area contributed by atoms with Crippen molar-refractivity contribution < 1.29 is 14.0 Å². The Morgan fingerprint density at radius 3 is 2.43 bits per heavy atom. The maximum atomic E-state index is 13.1. The molecule has 2 amide bonds. The number of halogens is 1. The van der Waals surface area contributed by atoms with Gasteiger partial charge in [0.2, 0.25) is 11.8 Å². The molecule has 2 rings (SSSR count). The molecule has 0 radical (unpaired) electrons. The van der Waals surface area contributed by atoms with Crippen molar-refractivity contribution in [2.75, 3.05) is 0 Å². The normalized spacial score (nSPS) is 11.7. The fourth-order valence-electron chi connectivity index (χ4n) is 2.01. The number of rotatable bonds is 5. The first kappa shape index (κ1) is 14.7. The molecule has 0 aromatic heterocycles. The second-order valence-corrected chi connectivity index (χ2v) is 4.62. The third kappa shape index (κ3) is 4.14. The van der Waals surface area contributed by atoms with Gasteiger partial charge in [-0.3, -0.25) is 9.59 Å². The molecule has 0 fully saturated rings. The van der Waals surface area contributed by atoms with Crippen LogP contribution in [0.1, 0.15) is 17.2 Å². The van der Waals surface area contributed by atoms with Crippen molar-refractivity contribution in [1.29, 1.82) is 0 Å². The largest absolute Gasteiger partial charge is 0.368 e. The van der Waals surface area contributed by atoms with Crippen LogP contribution in [0.3, 0.4) is 0 Å². The third-order valence-electron chi connectivity index (χ3n) is 2.98. The average Bonchev–Trinajstić information content (AvgIpc) is 2.45. The van der Waals surface area contributed by atoms with Crippen LogP contribution in [0.15, 0.2) is 54.6 Å². The molecule has 3 N–H and O–H groups in total. The van der Waals surface area contributed by atoms with Gasteiger partial charge in [-0.05, 0) is 23.3 Å². The van der Waals surface area contributed by atoms with E-state index in [1.807, 2.05) is 0 Å². The molecule has 0 aliphatic heterocycles. The molecule has 5 heteroatoms. The molecule has 2 aromatic carbocycles. The molecule has 0 saturated carbocycles. The Morgan fingerprint density at radius 2 is 1.81 bits per heavy atom. The summed E-state index contributed by atoms with van der Waals surface area (Å²) in [5.74, 6) is -1.45. The quantitative estimate of drug-likeness (QED) is 0.878. The molecule has 2 aromatic rings.